The van der Waals surface area contributed by atoms with Crippen LogP contribution in [0.15, 0.2) is 22.7 Å². The Morgan fingerprint density at radius 3 is 2.53 bits per heavy atom. The Morgan fingerprint density at radius 2 is 2.05 bits per heavy atom. The van der Waals surface area contributed by atoms with Crippen LogP contribution in [-0.2, 0) is 0 Å². The summed E-state index contributed by atoms with van der Waals surface area (Å²) in [5.41, 5.74) is 0.971. The van der Waals surface area contributed by atoms with Crippen LogP contribution in [0.2, 0.25) is 0 Å². The van der Waals surface area contributed by atoms with Gasteiger partial charge in [-0.15, -0.1) is 0 Å². The first-order valence-corrected chi connectivity index (χ1v) is 7.20. The van der Waals surface area contributed by atoms with Crippen molar-refractivity contribution >= 4 is 27.3 Å². The lowest BCUT2D eigenvalue weighted by Crippen LogP contribution is -2.34. The van der Waals surface area contributed by atoms with Crippen molar-refractivity contribution in [3.63, 3.8) is 0 Å². The van der Waals surface area contributed by atoms with Crippen LogP contribution in [0.5, 0.6) is 0 Å². The third-order valence-corrected chi connectivity index (χ3v) is 3.65. The molecule has 1 aromatic rings. The highest BCUT2D eigenvalue weighted by Crippen LogP contribution is 2.27. The molecule has 0 amide bonds. The summed E-state index contributed by atoms with van der Waals surface area (Å²) in [6, 6.07) is 5.04. The first-order chi connectivity index (χ1) is 8.97. The number of hydrogen-bond donors (Lipinski definition) is 1. The minimum atomic E-state index is -0.395. The number of benzene rings is 1. The summed E-state index contributed by atoms with van der Waals surface area (Å²) < 4.78 is 0.716. The summed E-state index contributed by atoms with van der Waals surface area (Å²) in [5, 5.41) is 14.0. The molecule has 0 saturated heterocycles. The van der Waals surface area contributed by atoms with Gasteiger partial charge < -0.3 is 10.2 Å². The fourth-order valence-electron chi connectivity index (χ4n) is 1.91. The highest BCUT2D eigenvalue weighted by atomic mass is 79.9. The van der Waals surface area contributed by atoms with E-state index in [1.807, 2.05) is 0 Å². The second kappa shape index (κ2) is 7.45. The highest BCUT2D eigenvalue weighted by molar-refractivity contribution is 9.10. The fraction of sp³-hybridized carbons (Fsp3) is 0.538. The van der Waals surface area contributed by atoms with Crippen molar-refractivity contribution in [2.24, 2.45) is 0 Å². The second-order valence-corrected chi connectivity index (χ2v) is 5.31. The van der Waals surface area contributed by atoms with Gasteiger partial charge in [0.2, 0.25) is 0 Å². The minimum absolute atomic E-state index is 0.0915. The first-order valence-electron chi connectivity index (χ1n) is 6.40. The van der Waals surface area contributed by atoms with Crippen molar-refractivity contribution in [1.29, 1.82) is 0 Å². The molecule has 0 saturated carbocycles. The molecule has 0 aliphatic carbocycles. The van der Waals surface area contributed by atoms with Crippen LogP contribution in [0.3, 0.4) is 0 Å². The highest BCUT2D eigenvalue weighted by Gasteiger charge is 2.12. The van der Waals surface area contributed by atoms with Crippen LogP contribution in [-0.4, -0.2) is 35.5 Å². The van der Waals surface area contributed by atoms with Gasteiger partial charge >= 0.3 is 0 Å². The number of hydrogen-bond acceptors (Lipinski definition) is 4. The molecule has 1 N–H and O–H groups in total. The molecule has 1 unspecified atom stereocenters. The van der Waals surface area contributed by atoms with E-state index in [-0.39, 0.29) is 11.7 Å². The molecule has 0 aliphatic rings. The zero-order valence-electron chi connectivity index (χ0n) is 11.5. The topological polar surface area (TPSA) is 58.4 Å². The number of nitrogens with one attached hydrogen (secondary N) is 1. The van der Waals surface area contributed by atoms with Gasteiger partial charge in [0.05, 0.1) is 4.92 Å². The Hall–Kier alpha value is -1.14. The molecule has 0 spiro atoms. The van der Waals surface area contributed by atoms with Crippen molar-refractivity contribution < 1.29 is 4.92 Å². The minimum Gasteiger partial charge on any atom is -0.380 e. The summed E-state index contributed by atoms with van der Waals surface area (Å²) in [6.45, 7) is 9.35. The smallest absolute Gasteiger partial charge is 0.270 e. The molecule has 6 heteroatoms. The third-order valence-electron chi connectivity index (χ3n) is 2.99. The number of likely N-dealkylation sites (N-methyl/N-ethyl adjacent to an activating group) is 1. The zero-order valence-corrected chi connectivity index (χ0v) is 13.1. The number of nitro groups is 1. The van der Waals surface area contributed by atoms with Crippen LogP contribution in [0, 0.1) is 10.1 Å². The van der Waals surface area contributed by atoms with Crippen molar-refractivity contribution in [1.82, 2.24) is 4.90 Å². The Balaban J connectivity index is 2.69. The van der Waals surface area contributed by atoms with Gasteiger partial charge in [0.1, 0.15) is 0 Å². The van der Waals surface area contributed by atoms with Gasteiger partial charge in [-0.05, 0) is 42.0 Å². The number of non-ortho nitro benzene ring substituents is 1. The molecule has 1 atom stereocenters. The molecule has 106 valence electrons. The average molecular weight is 330 g/mol. The molecule has 0 fully saturated rings. The van der Waals surface area contributed by atoms with Gasteiger partial charge in [-0.2, -0.15) is 0 Å². The summed E-state index contributed by atoms with van der Waals surface area (Å²) >= 11 is 3.36. The second-order valence-electron chi connectivity index (χ2n) is 4.45. The summed E-state index contributed by atoms with van der Waals surface area (Å²) in [7, 11) is 0. The van der Waals surface area contributed by atoms with E-state index in [4.69, 9.17) is 0 Å². The summed E-state index contributed by atoms with van der Waals surface area (Å²) in [5.74, 6) is 0. The lowest BCUT2D eigenvalue weighted by molar-refractivity contribution is -0.384. The molecular weight excluding hydrogens is 310 g/mol. The molecule has 0 aliphatic heterocycles. The first kappa shape index (κ1) is 15.9. The molecule has 0 heterocycles. The van der Waals surface area contributed by atoms with Gasteiger partial charge in [0.15, 0.2) is 0 Å². The molecule has 1 aromatic carbocycles. The quantitative estimate of drug-likeness (QED) is 0.614. The van der Waals surface area contributed by atoms with Crippen LogP contribution in [0.4, 0.5) is 11.4 Å². The van der Waals surface area contributed by atoms with Crippen molar-refractivity contribution in [2.45, 2.75) is 26.8 Å². The lowest BCUT2D eigenvalue weighted by Gasteiger charge is -2.24. The predicted molar refractivity (Wildman–Crippen MR) is 81.7 cm³/mol. The van der Waals surface area contributed by atoms with Crippen LogP contribution < -0.4 is 5.32 Å². The van der Waals surface area contributed by atoms with E-state index in [0.717, 1.165) is 25.3 Å². The summed E-state index contributed by atoms with van der Waals surface area (Å²) in [4.78, 5) is 12.6. The van der Waals surface area contributed by atoms with E-state index in [0.29, 0.717) is 4.47 Å². The molecule has 0 aromatic heterocycles. The maximum atomic E-state index is 10.7. The number of rotatable bonds is 7. The largest absolute Gasteiger partial charge is 0.380 e. The molecule has 0 bridgehead atoms. The van der Waals surface area contributed by atoms with Gasteiger partial charge in [-0.3, -0.25) is 10.1 Å². The predicted octanol–water partition coefficient (Wildman–Crippen LogP) is 3.50. The van der Waals surface area contributed by atoms with Gasteiger partial charge in [0.25, 0.3) is 5.69 Å². The van der Waals surface area contributed by atoms with E-state index in [9.17, 15) is 10.1 Å². The number of anilines is 1. The molecule has 1 rings (SSSR count). The average Bonchev–Trinajstić information content (AvgIpc) is 2.38. The Kier molecular flexibility index (Phi) is 6.24. The zero-order chi connectivity index (χ0) is 14.4. The van der Waals surface area contributed by atoms with Gasteiger partial charge in [-0.25, -0.2) is 0 Å². The van der Waals surface area contributed by atoms with E-state index >= 15 is 0 Å². The van der Waals surface area contributed by atoms with E-state index in [1.165, 1.54) is 12.1 Å². The van der Waals surface area contributed by atoms with E-state index in [1.54, 1.807) is 6.07 Å². The maximum absolute atomic E-state index is 10.7. The van der Waals surface area contributed by atoms with Crippen LogP contribution >= 0.6 is 15.9 Å². The Bertz CT molecular complexity index is 436. The Morgan fingerprint density at radius 1 is 1.42 bits per heavy atom. The molecule has 0 radical (unpaired) electrons. The van der Waals surface area contributed by atoms with E-state index in [2.05, 4.69) is 46.9 Å². The number of halogens is 1. The maximum Gasteiger partial charge on any atom is 0.270 e. The van der Waals surface area contributed by atoms with Crippen LogP contribution in [0.1, 0.15) is 20.8 Å². The lowest BCUT2D eigenvalue weighted by atomic mass is 10.2. The molecule has 19 heavy (non-hydrogen) atoms. The standard InChI is InChI=1S/C13H20BrN3O2/c1-4-16(5-2)9-10(3)15-13-7-6-11(17(18)19)8-12(13)14/h6-8,10,15H,4-5,9H2,1-3H3. The van der Waals surface area contributed by atoms with E-state index < -0.39 is 4.92 Å². The molecule has 5 nitrogen and oxygen atoms in total. The molecular formula is C13H20BrN3O2. The fourth-order valence-corrected chi connectivity index (χ4v) is 2.40. The number of nitrogens with zero attached hydrogens (tertiary/aromatic N) is 2. The van der Waals surface area contributed by atoms with Crippen LogP contribution in [0.25, 0.3) is 0 Å². The van der Waals surface area contributed by atoms with Crippen molar-refractivity contribution in [3.05, 3.63) is 32.8 Å². The SMILES string of the molecule is CCN(CC)CC(C)Nc1ccc([N+](=O)[O-])cc1Br. The number of nitro benzene ring substituents is 1. The van der Waals surface area contributed by atoms with Crippen molar-refractivity contribution in [3.8, 4) is 0 Å². The normalized spacial score (nSPS) is 12.5. The Labute approximate surface area is 122 Å². The van der Waals surface area contributed by atoms with Gasteiger partial charge in [0, 0.05) is 34.9 Å². The monoisotopic (exact) mass is 329 g/mol. The van der Waals surface area contributed by atoms with Gasteiger partial charge in [-0.1, -0.05) is 13.8 Å². The summed E-state index contributed by atoms with van der Waals surface area (Å²) in [6.07, 6.45) is 0. The van der Waals surface area contributed by atoms with Crippen molar-refractivity contribution in [2.75, 3.05) is 25.0 Å². The third kappa shape index (κ3) is 4.80.